The molecule has 2 amide bonds. The van der Waals surface area contributed by atoms with Crippen molar-refractivity contribution < 1.29 is 37.3 Å². The molecule has 0 radical (unpaired) electrons. The van der Waals surface area contributed by atoms with Crippen molar-refractivity contribution >= 4 is 39.5 Å². The minimum atomic E-state index is -4.59. The molecule has 0 aliphatic carbocycles. The summed E-state index contributed by atoms with van der Waals surface area (Å²) in [6.07, 6.45) is -5.06. The second kappa shape index (κ2) is 11.6. The molecule has 0 aliphatic heterocycles. The Hall–Kier alpha value is -2.38. The molecule has 0 unspecified atom stereocenters. The van der Waals surface area contributed by atoms with Crippen molar-refractivity contribution in [3.05, 3.63) is 50.4 Å². The number of hydrogen-bond acceptors (Lipinski definition) is 6. The largest absolute Gasteiger partial charge is 0.465 e. The van der Waals surface area contributed by atoms with E-state index in [2.05, 4.69) is 31.5 Å². The van der Waals surface area contributed by atoms with Gasteiger partial charge in [0.25, 0.3) is 0 Å². The summed E-state index contributed by atoms with van der Waals surface area (Å²) in [7, 11) is 1.46. The highest BCUT2D eigenvalue weighted by Gasteiger charge is 2.46. The maximum atomic E-state index is 13.4. The lowest BCUT2D eigenvalue weighted by Gasteiger charge is -2.40. The number of thiazole rings is 1. The molecule has 3 N–H and O–H groups in total. The van der Waals surface area contributed by atoms with E-state index in [4.69, 9.17) is 9.47 Å². The Kier molecular flexibility index (Phi) is 9.54. The lowest BCUT2D eigenvalue weighted by Crippen LogP contribution is -2.57. The van der Waals surface area contributed by atoms with Crippen LogP contribution in [0.4, 0.5) is 22.8 Å². The molecule has 1 aromatic heterocycles. The van der Waals surface area contributed by atoms with Crippen LogP contribution in [0.3, 0.4) is 0 Å². The Morgan fingerprint density at radius 1 is 1.26 bits per heavy atom. The Labute approximate surface area is 213 Å². The van der Waals surface area contributed by atoms with Crippen LogP contribution in [0, 0.1) is 0 Å². The van der Waals surface area contributed by atoms with Crippen LogP contribution in [0.25, 0.3) is 0 Å². The number of methoxy groups -OCH3 is 1. The molecular formula is C22H27BrF3N3O5S. The molecule has 1 aromatic carbocycles. The predicted molar refractivity (Wildman–Crippen MR) is 128 cm³/mol. The summed E-state index contributed by atoms with van der Waals surface area (Å²) in [5, 5.41) is 16.4. The summed E-state index contributed by atoms with van der Waals surface area (Å²) >= 11 is 4.24. The van der Waals surface area contributed by atoms with Crippen LogP contribution in [0.15, 0.2) is 34.2 Å². The van der Waals surface area contributed by atoms with Gasteiger partial charge >= 0.3 is 18.4 Å². The van der Waals surface area contributed by atoms with Crippen molar-refractivity contribution in [2.75, 3.05) is 20.3 Å². The first-order valence-electron chi connectivity index (χ1n) is 10.4. The first-order valence-corrected chi connectivity index (χ1v) is 12.1. The lowest BCUT2D eigenvalue weighted by molar-refractivity contribution is -0.138. The molecule has 1 heterocycles. The number of alkyl carbamates (subject to hydrolysis) is 1. The Balaban J connectivity index is 2.74. The number of halogens is 4. The summed E-state index contributed by atoms with van der Waals surface area (Å²) in [4.78, 5) is 28.5. The highest BCUT2D eigenvalue weighted by molar-refractivity contribution is 9.10. The number of amides is 2. The number of alkyl halides is 3. The quantitative estimate of drug-likeness (QED) is 0.365. The molecule has 2 atom stereocenters. The van der Waals surface area contributed by atoms with Crippen LogP contribution in [-0.4, -0.2) is 54.2 Å². The smallest absolute Gasteiger partial charge is 0.417 e. The van der Waals surface area contributed by atoms with E-state index in [-0.39, 0.29) is 24.0 Å². The van der Waals surface area contributed by atoms with Gasteiger partial charge < -0.3 is 25.2 Å². The number of carbonyl (C=O) groups is 2. The fourth-order valence-corrected chi connectivity index (χ4v) is 5.16. The van der Waals surface area contributed by atoms with Gasteiger partial charge in [-0.3, -0.25) is 0 Å². The number of carboxylic acid groups (broad SMARTS) is 1. The van der Waals surface area contributed by atoms with E-state index in [1.807, 2.05) is 0 Å². The molecule has 8 nitrogen and oxygen atoms in total. The van der Waals surface area contributed by atoms with Gasteiger partial charge in [0.1, 0.15) is 10.6 Å². The van der Waals surface area contributed by atoms with Crippen LogP contribution in [-0.2, 0) is 21.1 Å². The van der Waals surface area contributed by atoms with Crippen LogP contribution >= 0.6 is 27.3 Å². The maximum absolute atomic E-state index is 13.4. The standard InChI is InChI=1S/C22H27BrF3N3O5S/c1-20(2,3)34-19(32)29-16(12-28-18(30)31)21(7-9-33-4,17-27-8-10-35-17)13-5-6-14(15(23)11-13)22(24,25)26/h5-6,8,10-11,16,28H,7,9,12H2,1-4H3,(H,29,32)(H,30,31)/t16-,21+/m1/s1. The molecule has 2 rings (SSSR count). The number of carbonyl (C=O) groups excluding carboxylic acids is 1. The highest BCUT2D eigenvalue weighted by Crippen LogP contribution is 2.44. The molecule has 0 bridgehead atoms. The van der Waals surface area contributed by atoms with Crippen molar-refractivity contribution in [3.63, 3.8) is 0 Å². The third-order valence-electron chi connectivity index (χ3n) is 5.05. The number of nitrogens with one attached hydrogen (secondary N) is 2. The minimum absolute atomic E-state index is 0.137. The van der Waals surface area contributed by atoms with E-state index in [1.54, 1.807) is 26.2 Å². The first kappa shape index (κ1) is 28.9. The molecule has 0 saturated carbocycles. The van der Waals surface area contributed by atoms with Gasteiger partial charge in [-0.15, -0.1) is 11.3 Å². The van der Waals surface area contributed by atoms with Gasteiger partial charge in [0.2, 0.25) is 0 Å². The van der Waals surface area contributed by atoms with E-state index < -0.39 is 41.0 Å². The molecular weight excluding hydrogens is 555 g/mol. The van der Waals surface area contributed by atoms with Crippen molar-refractivity contribution in [2.45, 2.75) is 50.4 Å². The number of aromatic nitrogens is 1. The van der Waals surface area contributed by atoms with Gasteiger partial charge in [0.15, 0.2) is 0 Å². The fourth-order valence-electron chi connectivity index (χ4n) is 3.62. The first-order chi connectivity index (χ1) is 16.2. The van der Waals surface area contributed by atoms with Crippen LogP contribution in [0.5, 0.6) is 0 Å². The summed E-state index contributed by atoms with van der Waals surface area (Å²) in [6, 6.07) is 2.54. The molecule has 2 aromatic rings. The number of nitrogens with zero attached hydrogens (tertiary/aromatic N) is 1. The average molecular weight is 582 g/mol. The van der Waals surface area contributed by atoms with Gasteiger partial charge in [-0.2, -0.15) is 13.2 Å². The summed E-state index contributed by atoms with van der Waals surface area (Å²) in [5.74, 6) is 0. The number of benzene rings is 1. The van der Waals surface area contributed by atoms with Crippen molar-refractivity contribution in [3.8, 4) is 0 Å². The molecule has 0 saturated heterocycles. The third-order valence-corrected chi connectivity index (χ3v) is 6.65. The Bertz CT molecular complexity index is 1010. The Morgan fingerprint density at radius 2 is 1.94 bits per heavy atom. The molecule has 194 valence electrons. The van der Waals surface area contributed by atoms with E-state index in [9.17, 15) is 27.9 Å². The molecule has 35 heavy (non-hydrogen) atoms. The van der Waals surface area contributed by atoms with Crippen LogP contribution in [0.2, 0.25) is 0 Å². The topological polar surface area (TPSA) is 110 Å². The average Bonchev–Trinajstić information content (AvgIpc) is 3.25. The zero-order valence-corrected chi connectivity index (χ0v) is 21.9. The van der Waals surface area contributed by atoms with E-state index in [0.29, 0.717) is 10.6 Å². The monoisotopic (exact) mass is 581 g/mol. The Morgan fingerprint density at radius 3 is 2.43 bits per heavy atom. The summed E-state index contributed by atoms with van der Waals surface area (Å²) in [5.41, 5.74) is -2.61. The van der Waals surface area contributed by atoms with E-state index in [1.165, 1.54) is 36.8 Å². The molecule has 13 heteroatoms. The molecule has 0 aliphatic rings. The van der Waals surface area contributed by atoms with E-state index >= 15 is 0 Å². The maximum Gasteiger partial charge on any atom is 0.417 e. The molecule has 0 fully saturated rings. The van der Waals surface area contributed by atoms with Gasteiger partial charge in [0, 0.05) is 36.3 Å². The van der Waals surface area contributed by atoms with E-state index in [0.717, 1.165) is 6.07 Å². The zero-order valence-electron chi connectivity index (χ0n) is 19.5. The van der Waals surface area contributed by atoms with Gasteiger partial charge in [-0.25, -0.2) is 14.6 Å². The van der Waals surface area contributed by atoms with Crippen molar-refractivity contribution in [2.24, 2.45) is 0 Å². The van der Waals surface area contributed by atoms with Gasteiger partial charge in [0.05, 0.1) is 17.0 Å². The van der Waals surface area contributed by atoms with Gasteiger partial charge in [-0.1, -0.05) is 22.0 Å². The number of hydrogen-bond donors (Lipinski definition) is 3. The second-order valence-corrected chi connectivity index (χ2v) is 10.4. The third kappa shape index (κ3) is 7.55. The lowest BCUT2D eigenvalue weighted by atomic mass is 9.71. The predicted octanol–water partition coefficient (Wildman–Crippen LogP) is 5.41. The summed E-state index contributed by atoms with van der Waals surface area (Å²) in [6.45, 7) is 4.86. The zero-order chi connectivity index (χ0) is 26.4. The SMILES string of the molecule is COCC[C@@](c1ccc(C(F)(F)F)c(Br)c1)(c1nccs1)[C@@H](CNC(=O)O)NC(=O)OC(C)(C)C. The van der Waals surface area contributed by atoms with Crippen LogP contribution in [0.1, 0.15) is 43.3 Å². The number of ether oxygens (including phenoxy) is 2. The summed E-state index contributed by atoms with van der Waals surface area (Å²) < 4.78 is 50.8. The van der Waals surface area contributed by atoms with Crippen LogP contribution < -0.4 is 10.6 Å². The highest BCUT2D eigenvalue weighted by atomic mass is 79.9. The second-order valence-electron chi connectivity index (χ2n) is 8.63. The molecule has 0 spiro atoms. The van der Waals surface area contributed by atoms with Gasteiger partial charge in [-0.05, 0) is 44.9 Å². The fraction of sp³-hybridized carbons (Fsp3) is 0.500. The minimum Gasteiger partial charge on any atom is -0.465 e. The normalized spacial score (nSPS) is 14.6. The van der Waals surface area contributed by atoms with Crippen molar-refractivity contribution in [1.82, 2.24) is 15.6 Å². The number of rotatable bonds is 9. The van der Waals surface area contributed by atoms with Crippen molar-refractivity contribution in [1.29, 1.82) is 0 Å².